The molecule has 104 valence electrons. The zero-order valence-electron chi connectivity index (χ0n) is 10.5. The lowest BCUT2D eigenvalue weighted by Gasteiger charge is -2.27. The number of hydrogen-bond donors (Lipinski definition) is 3. The molecular formula is C13H17ClN2O3. The molecule has 1 fully saturated rings. The summed E-state index contributed by atoms with van der Waals surface area (Å²) in [6, 6.07) is 2.88. The van der Waals surface area contributed by atoms with Gasteiger partial charge in [-0.25, -0.2) is 9.78 Å². The molecule has 0 aliphatic heterocycles. The smallest absolute Gasteiger partial charge is 0.339 e. The number of nitrogens with zero attached hydrogens (tertiary/aromatic N) is 1. The highest BCUT2D eigenvalue weighted by Crippen LogP contribution is 2.25. The van der Waals surface area contributed by atoms with Crippen LogP contribution in [0.15, 0.2) is 12.1 Å². The second-order valence-electron chi connectivity index (χ2n) is 4.83. The molecule has 1 aliphatic rings. The molecule has 5 nitrogen and oxygen atoms in total. The lowest BCUT2D eigenvalue weighted by Crippen LogP contribution is -2.30. The van der Waals surface area contributed by atoms with Crippen LogP contribution < -0.4 is 5.32 Å². The van der Waals surface area contributed by atoms with E-state index in [1.54, 1.807) is 0 Å². The maximum absolute atomic E-state index is 11.1. The molecule has 0 radical (unpaired) electrons. The van der Waals surface area contributed by atoms with Crippen LogP contribution in [0.3, 0.4) is 0 Å². The molecule has 2 rings (SSSR count). The minimum absolute atomic E-state index is 0.0923. The fourth-order valence-corrected chi connectivity index (χ4v) is 2.54. The highest BCUT2D eigenvalue weighted by Gasteiger charge is 2.23. The molecule has 0 aromatic carbocycles. The fourth-order valence-electron chi connectivity index (χ4n) is 2.40. The Labute approximate surface area is 116 Å². The van der Waals surface area contributed by atoms with Gasteiger partial charge >= 0.3 is 5.97 Å². The van der Waals surface area contributed by atoms with Gasteiger partial charge in [-0.05, 0) is 25.0 Å². The molecule has 1 heterocycles. The van der Waals surface area contributed by atoms with Gasteiger partial charge in [0, 0.05) is 12.5 Å². The zero-order valence-corrected chi connectivity index (χ0v) is 11.2. The summed E-state index contributed by atoms with van der Waals surface area (Å²) in [6.45, 7) is 0.509. The van der Waals surface area contributed by atoms with E-state index in [0.29, 0.717) is 6.54 Å². The van der Waals surface area contributed by atoms with E-state index < -0.39 is 5.97 Å². The van der Waals surface area contributed by atoms with Gasteiger partial charge in [-0.2, -0.15) is 0 Å². The normalized spacial score (nSPS) is 23.1. The highest BCUT2D eigenvalue weighted by atomic mass is 35.5. The fraction of sp³-hybridized carbons (Fsp3) is 0.538. The van der Waals surface area contributed by atoms with Crippen molar-refractivity contribution in [1.82, 2.24) is 4.98 Å². The number of aliphatic hydroxyl groups excluding tert-OH is 1. The average Bonchev–Trinajstić information content (AvgIpc) is 2.37. The third-order valence-corrected chi connectivity index (χ3v) is 3.70. The molecule has 0 saturated heterocycles. The van der Waals surface area contributed by atoms with Gasteiger partial charge in [0.15, 0.2) is 0 Å². The predicted octanol–water partition coefficient (Wildman–Crippen LogP) is 2.40. The summed E-state index contributed by atoms with van der Waals surface area (Å²) in [5.41, 5.74) is 0.0923. The molecule has 0 amide bonds. The number of halogens is 1. The lowest BCUT2D eigenvalue weighted by molar-refractivity contribution is 0.0697. The predicted molar refractivity (Wildman–Crippen MR) is 72.7 cm³/mol. The summed E-state index contributed by atoms with van der Waals surface area (Å²) in [6.07, 6.45) is 3.57. The van der Waals surface area contributed by atoms with Crippen molar-refractivity contribution in [2.75, 3.05) is 11.9 Å². The number of carbonyl (C=O) groups is 1. The van der Waals surface area contributed by atoms with E-state index in [4.69, 9.17) is 16.7 Å². The molecule has 3 N–H and O–H groups in total. The van der Waals surface area contributed by atoms with E-state index in [2.05, 4.69) is 10.3 Å². The lowest BCUT2D eigenvalue weighted by atomic mass is 9.86. The van der Waals surface area contributed by atoms with Crippen LogP contribution in [0.5, 0.6) is 0 Å². The Morgan fingerprint density at radius 3 is 2.84 bits per heavy atom. The van der Waals surface area contributed by atoms with Crippen molar-refractivity contribution in [3.8, 4) is 0 Å². The molecule has 1 saturated carbocycles. The zero-order chi connectivity index (χ0) is 13.8. The number of aromatic nitrogens is 1. The van der Waals surface area contributed by atoms with Crippen molar-refractivity contribution in [2.45, 2.75) is 31.8 Å². The first-order valence-corrected chi connectivity index (χ1v) is 6.77. The van der Waals surface area contributed by atoms with Crippen molar-refractivity contribution < 1.29 is 15.0 Å². The number of carboxylic acids is 1. The Bertz CT molecular complexity index is 467. The molecule has 19 heavy (non-hydrogen) atoms. The monoisotopic (exact) mass is 284 g/mol. The first kappa shape index (κ1) is 14.1. The van der Waals surface area contributed by atoms with E-state index in [-0.39, 0.29) is 28.6 Å². The molecule has 0 spiro atoms. The third kappa shape index (κ3) is 3.58. The quantitative estimate of drug-likeness (QED) is 0.740. The van der Waals surface area contributed by atoms with E-state index in [1.165, 1.54) is 12.1 Å². The topological polar surface area (TPSA) is 82.5 Å². The van der Waals surface area contributed by atoms with Gasteiger partial charge < -0.3 is 15.5 Å². The number of carboxylic acid groups (broad SMARTS) is 1. The minimum atomic E-state index is -1.05. The largest absolute Gasteiger partial charge is 0.478 e. The summed E-state index contributed by atoms with van der Waals surface area (Å²) < 4.78 is 0. The summed E-state index contributed by atoms with van der Waals surface area (Å²) in [4.78, 5) is 15.1. The second-order valence-corrected chi connectivity index (χ2v) is 5.22. The molecule has 2 unspecified atom stereocenters. The highest BCUT2D eigenvalue weighted by molar-refractivity contribution is 6.29. The Hall–Kier alpha value is -1.33. The van der Waals surface area contributed by atoms with Crippen LogP contribution in [0.25, 0.3) is 0 Å². The number of pyridine rings is 1. The van der Waals surface area contributed by atoms with Crippen LogP contribution in [-0.4, -0.2) is 33.8 Å². The maximum atomic E-state index is 11.1. The molecule has 1 aliphatic carbocycles. The van der Waals surface area contributed by atoms with Crippen molar-refractivity contribution in [1.29, 1.82) is 0 Å². The third-order valence-electron chi connectivity index (χ3n) is 3.49. The Morgan fingerprint density at radius 1 is 1.42 bits per heavy atom. The number of rotatable bonds is 4. The minimum Gasteiger partial charge on any atom is -0.478 e. The van der Waals surface area contributed by atoms with Crippen LogP contribution in [0.4, 0.5) is 5.82 Å². The van der Waals surface area contributed by atoms with Gasteiger partial charge in [0.2, 0.25) is 0 Å². The van der Waals surface area contributed by atoms with Crippen LogP contribution in [0.1, 0.15) is 36.0 Å². The second kappa shape index (κ2) is 6.21. The van der Waals surface area contributed by atoms with E-state index in [0.717, 1.165) is 25.7 Å². The number of anilines is 1. The average molecular weight is 285 g/mol. The Balaban J connectivity index is 2.05. The van der Waals surface area contributed by atoms with Crippen molar-refractivity contribution in [2.24, 2.45) is 5.92 Å². The summed E-state index contributed by atoms with van der Waals surface area (Å²) in [5, 5.41) is 22.2. The standard InChI is InChI=1S/C13H17ClN2O3/c14-11-6-5-9(13(18)19)12(16-11)15-7-8-3-1-2-4-10(8)17/h5-6,8,10,17H,1-4,7H2,(H,15,16)(H,18,19). The van der Waals surface area contributed by atoms with Crippen LogP contribution in [0.2, 0.25) is 5.15 Å². The molecule has 2 atom stereocenters. The van der Waals surface area contributed by atoms with Crippen molar-refractivity contribution in [3.05, 3.63) is 22.8 Å². The first-order chi connectivity index (χ1) is 9.08. The van der Waals surface area contributed by atoms with Gasteiger partial charge in [0.1, 0.15) is 16.5 Å². The molecule has 1 aromatic rings. The Morgan fingerprint density at radius 2 is 2.16 bits per heavy atom. The maximum Gasteiger partial charge on any atom is 0.339 e. The summed E-state index contributed by atoms with van der Waals surface area (Å²) in [5.74, 6) is -0.648. The van der Waals surface area contributed by atoms with Gasteiger partial charge in [0.05, 0.1) is 6.10 Å². The van der Waals surface area contributed by atoms with E-state index in [1.807, 2.05) is 0 Å². The number of hydrogen-bond acceptors (Lipinski definition) is 4. The summed E-state index contributed by atoms with van der Waals surface area (Å²) in [7, 11) is 0. The number of aliphatic hydroxyl groups is 1. The van der Waals surface area contributed by atoms with Crippen molar-refractivity contribution in [3.63, 3.8) is 0 Å². The van der Waals surface area contributed by atoms with Gasteiger partial charge in [0.25, 0.3) is 0 Å². The van der Waals surface area contributed by atoms with Crippen molar-refractivity contribution >= 4 is 23.4 Å². The number of nitrogens with one attached hydrogen (secondary N) is 1. The molecule has 0 bridgehead atoms. The van der Waals surface area contributed by atoms with E-state index >= 15 is 0 Å². The van der Waals surface area contributed by atoms with Gasteiger partial charge in [-0.15, -0.1) is 0 Å². The van der Waals surface area contributed by atoms with Crippen LogP contribution >= 0.6 is 11.6 Å². The Kier molecular flexibility index (Phi) is 4.61. The van der Waals surface area contributed by atoms with Gasteiger partial charge in [-0.3, -0.25) is 0 Å². The SMILES string of the molecule is O=C(O)c1ccc(Cl)nc1NCC1CCCCC1O. The van der Waals surface area contributed by atoms with Gasteiger partial charge in [-0.1, -0.05) is 24.4 Å². The molecule has 6 heteroatoms. The summed E-state index contributed by atoms with van der Waals surface area (Å²) >= 11 is 5.78. The molecular weight excluding hydrogens is 268 g/mol. The number of aromatic carboxylic acids is 1. The van der Waals surface area contributed by atoms with Crippen LogP contribution in [0, 0.1) is 5.92 Å². The molecule has 1 aromatic heterocycles. The van der Waals surface area contributed by atoms with E-state index in [9.17, 15) is 9.90 Å². The first-order valence-electron chi connectivity index (χ1n) is 6.39. The van der Waals surface area contributed by atoms with Crippen LogP contribution in [-0.2, 0) is 0 Å².